The number of hydrogen-bond acceptors (Lipinski definition) is 13. The lowest BCUT2D eigenvalue weighted by Gasteiger charge is -2.43. The van der Waals surface area contributed by atoms with Crippen molar-refractivity contribution in [3.63, 3.8) is 0 Å². The van der Waals surface area contributed by atoms with Gasteiger partial charge in [0.1, 0.15) is 24.4 Å². The van der Waals surface area contributed by atoms with Gasteiger partial charge in [-0.3, -0.25) is 23.6 Å². The van der Waals surface area contributed by atoms with Crippen molar-refractivity contribution in [3.05, 3.63) is 71.8 Å². The van der Waals surface area contributed by atoms with E-state index in [0.717, 1.165) is 109 Å². The van der Waals surface area contributed by atoms with Gasteiger partial charge in [0.05, 0.1) is 13.0 Å². The van der Waals surface area contributed by atoms with Gasteiger partial charge in [-0.2, -0.15) is 0 Å². The predicted octanol–water partition coefficient (Wildman–Crippen LogP) is 8.65. The van der Waals surface area contributed by atoms with Crippen molar-refractivity contribution >= 4 is 30.2 Å². The van der Waals surface area contributed by atoms with Crippen molar-refractivity contribution < 1.29 is 57.6 Å². The van der Waals surface area contributed by atoms with Crippen molar-refractivity contribution in [1.29, 1.82) is 0 Å². The maximum atomic E-state index is 13.7. The highest BCUT2D eigenvalue weighted by Crippen LogP contribution is 2.29. The molecule has 1 aliphatic heterocycles. The first-order valence-electron chi connectivity index (χ1n) is 23.3. The van der Waals surface area contributed by atoms with E-state index in [9.17, 15) is 29.9 Å². The van der Waals surface area contributed by atoms with Crippen LogP contribution in [0.2, 0.25) is 0 Å². The van der Waals surface area contributed by atoms with Crippen molar-refractivity contribution in [3.8, 4) is 0 Å². The molecule has 13 nitrogen and oxygen atoms in total. The summed E-state index contributed by atoms with van der Waals surface area (Å²) in [4.78, 5) is 40.0. The second-order valence-electron chi connectivity index (χ2n) is 16.5. The van der Waals surface area contributed by atoms with Gasteiger partial charge in [-0.25, -0.2) is 0 Å². The van der Waals surface area contributed by atoms with Gasteiger partial charge in [-0.05, 0) is 62.5 Å². The van der Waals surface area contributed by atoms with Crippen LogP contribution >= 0.6 is 12.3 Å². The van der Waals surface area contributed by atoms with Crippen LogP contribution in [0.5, 0.6) is 0 Å². The molecule has 1 heterocycles. The Morgan fingerprint density at radius 3 is 1.77 bits per heavy atom. The number of ether oxygens (including phenoxy) is 3. The molecular formula is C48H74NO12S-. The molecule has 350 valence electrons. The highest BCUT2D eigenvalue weighted by molar-refractivity contribution is 7.89. The molecule has 1 aliphatic rings. The summed E-state index contributed by atoms with van der Waals surface area (Å²) in [5.74, 6) is -1.51. The number of carbonyl (C=O) groups is 3. The Hall–Kier alpha value is -3.08. The largest absolute Gasteiger partial charge is 0.691 e. The molecular weight excluding hydrogens is 815 g/mol. The van der Waals surface area contributed by atoms with Gasteiger partial charge in [-0.1, -0.05) is 157 Å². The van der Waals surface area contributed by atoms with Crippen LogP contribution in [-0.4, -0.2) is 71.4 Å². The van der Waals surface area contributed by atoms with Crippen molar-refractivity contribution in [2.24, 2.45) is 0 Å². The van der Waals surface area contributed by atoms with Crippen LogP contribution in [0.3, 0.4) is 0 Å². The lowest BCUT2D eigenvalue weighted by Crippen LogP contribution is -2.65. The highest BCUT2D eigenvalue weighted by Gasteiger charge is 2.49. The Bertz CT molecular complexity index is 1440. The van der Waals surface area contributed by atoms with E-state index in [1.165, 1.54) is 24.0 Å². The van der Waals surface area contributed by atoms with Crippen LogP contribution in [0, 0.1) is 0 Å². The lowest BCUT2D eigenvalue weighted by molar-refractivity contribution is -0.777. The summed E-state index contributed by atoms with van der Waals surface area (Å²) in [6, 6.07) is 19.5. The summed E-state index contributed by atoms with van der Waals surface area (Å²) >= 11 is 0.139. The molecule has 0 aromatic heterocycles. The molecule has 2 aromatic rings. The van der Waals surface area contributed by atoms with E-state index in [0.29, 0.717) is 19.3 Å². The number of rotatable bonds is 36. The van der Waals surface area contributed by atoms with E-state index in [2.05, 4.69) is 58.0 Å². The normalized spacial score (nSPS) is 19.2. The molecule has 3 rings (SSSR count). The summed E-state index contributed by atoms with van der Waals surface area (Å²) in [6.45, 7) is 1.53. The number of aryl methyl sites for hydroxylation is 2. The molecule has 3 N–H and O–H groups in total. The topological polar surface area (TPSA) is 182 Å². The SMILES string of the molecule is CCCCCCCCC[C@@H](CC(=O)N[C@H]1C(O)O[C@H](CO)[C@@H](OSOO[O-])[C@@H]1OC(=O)CCCCCCCCc1ccccc1)OC(=O)CCCCCCCCc1ccccc1. The van der Waals surface area contributed by atoms with Gasteiger partial charge < -0.3 is 35.0 Å². The van der Waals surface area contributed by atoms with Gasteiger partial charge >= 0.3 is 11.9 Å². The van der Waals surface area contributed by atoms with E-state index in [1.54, 1.807) is 0 Å². The number of amides is 1. The molecule has 0 saturated carbocycles. The summed E-state index contributed by atoms with van der Waals surface area (Å²) < 4.78 is 27.1. The van der Waals surface area contributed by atoms with Crippen molar-refractivity contribution in [2.75, 3.05) is 6.61 Å². The molecule has 1 unspecified atom stereocenters. The third-order valence-electron chi connectivity index (χ3n) is 11.4. The number of hydrogen-bond donors (Lipinski definition) is 3. The number of aliphatic hydroxyl groups is 2. The zero-order chi connectivity index (χ0) is 44.5. The van der Waals surface area contributed by atoms with Gasteiger partial charge in [0.25, 0.3) is 0 Å². The van der Waals surface area contributed by atoms with Crippen LogP contribution in [0.25, 0.3) is 0 Å². The third-order valence-corrected chi connectivity index (χ3v) is 11.8. The van der Waals surface area contributed by atoms with Crippen molar-refractivity contribution in [1.82, 2.24) is 5.32 Å². The molecule has 0 spiro atoms. The third kappa shape index (κ3) is 23.6. The highest BCUT2D eigenvalue weighted by atomic mass is 32.2. The first-order valence-corrected chi connectivity index (χ1v) is 24.0. The molecule has 1 amide bonds. The number of unbranched alkanes of at least 4 members (excludes halogenated alkanes) is 16. The fourth-order valence-corrected chi connectivity index (χ4v) is 8.27. The number of aliphatic hydroxyl groups excluding tert-OH is 2. The summed E-state index contributed by atoms with van der Waals surface area (Å²) in [5.41, 5.74) is 2.67. The van der Waals surface area contributed by atoms with Crippen LogP contribution in [0.15, 0.2) is 60.7 Å². The second-order valence-corrected chi connectivity index (χ2v) is 17.0. The Morgan fingerprint density at radius 1 is 0.710 bits per heavy atom. The average molecular weight is 889 g/mol. The summed E-state index contributed by atoms with van der Waals surface area (Å²) in [6.07, 6.45) is 15.5. The maximum absolute atomic E-state index is 13.7. The molecule has 0 bridgehead atoms. The lowest BCUT2D eigenvalue weighted by atomic mass is 9.96. The van der Waals surface area contributed by atoms with Crippen LogP contribution in [-0.2, 0) is 55.0 Å². The summed E-state index contributed by atoms with van der Waals surface area (Å²) in [5, 5.41) is 37.8. The molecule has 0 radical (unpaired) electrons. The average Bonchev–Trinajstić information content (AvgIpc) is 3.27. The monoisotopic (exact) mass is 888 g/mol. The molecule has 14 heteroatoms. The molecule has 62 heavy (non-hydrogen) atoms. The quantitative estimate of drug-likeness (QED) is 0.0195. The van der Waals surface area contributed by atoms with E-state index in [1.807, 2.05) is 24.3 Å². The minimum Gasteiger partial charge on any atom is -0.691 e. The van der Waals surface area contributed by atoms with Gasteiger partial charge in [0.15, 0.2) is 24.7 Å². The fourth-order valence-electron chi connectivity index (χ4n) is 7.89. The molecule has 1 fully saturated rings. The standard InChI is InChI=1S/C48H75NO12S/c1-2-3-4-5-6-13-24-33-40(56-43(52)34-25-14-9-7-11-18-27-38-29-20-16-21-30-38)36-42(51)49-45-47(46(59-62-61-60-55)41(37-50)57-48(45)54)58-44(53)35-26-15-10-8-12-19-28-39-31-22-17-23-32-39/h16-17,20-23,29-32,40-41,45-48,50,54-55H,2-15,18-19,24-28,33-37H2,1H3,(H,49,51)/p-1/t40-,41+,45+,46+,47+,48?/m0/s1. The van der Waals surface area contributed by atoms with Gasteiger partial charge in [0, 0.05) is 12.8 Å². The zero-order valence-electron chi connectivity index (χ0n) is 37.0. The Labute approximate surface area is 374 Å². The van der Waals surface area contributed by atoms with E-state index >= 15 is 0 Å². The number of benzene rings is 2. The Kier molecular flexibility index (Phi) is 29.5. The Balaban J connectivity index is 1.53. The molecule has 6 atom stereocenters. The minimum atomic E-state index is -1.70. The predicted molar refractivity (Wildman–Crippen MR) is 236 cm³/mol. The van der Waals surface area contributed by atoms with Gasteiger partial charge in [-0.15, -0.1) is 4.33 Å². The van der Waals surface area contributed by atoms with Crippen LogP contribution in [0.1, 0.15) is 166 Å². The minimum absolute atomic E-state index is 0.0761. The maximum Gasteiger partial charge on any atom is 0.306 e. The fraction of sp³-hybridized carbons (Fsp3) is 0.688. The van der Waals surface area contributed by atoms with E-state index in [-0.39, 0.29) is 37.6 Å². The van der Waals surface area contributed by atoms with Crippen molar-refractivity contribution in [2.45, 2.75) is 204 Å². The Morgan fingerprint density at radius 2 is 1.23 bits per heavy atom. The van der Waals surface area contributed by atoms with Crippen LogP contribution in [0.4, 0.5) is 0 Å². The second kappa shape index (κ2) is 34.3. The first kappa shape index (κ1) is 53.3. The molecule has 2 aromatic carbocycles. The van der Waals surface area contributed by atoms with E-state index in [4.69, 9.17) is 18.4 Å². The number of carbonyl (C=O) groups excluding carboxylic acids is 3. The van der Waals surface area contributed by atoms with Crippen LogP contribution < -0.4 is 10.6 Å². The first-order chi connectivity index (χ1) is 30.3. The van der Waals surface area contributed by atoms with E-state index < -0.39 is 55.2 Å². The smallest absolute Gasteiger partial charge is 0.306 e. The summed E-state index contributed by atoms with van der Waals surface area (Å²) in [7, 11) is 0. The molecule has 0 aliphatic carbocycles. The number of esters is 2. The molecule has 1 saturated heterocycles. The zero-order valence-corrected chi connectivity index (χ0v) is 37.8. The number of nitrogens with one attached hydrogen (secondary N) is 1. The van der Waals surface area contributed by atoms with Gasteiger partial charge in [0.2, 0.25) is 5.91 Å².